The molecule has 2 aliphatic heterocycles. The Morgan fingerprint density at radius 3 is 2.41 bits per heavy atom. The highest BCUT2D eigenvalue weighted by Crippen LogP contribution is 2.27. The highest BCUT2D eigenvalue weighted by Gasteiger charge is 2.35. The van der Waals surface area contributed by atoms with Crippen molar-refractivity contribution >= 4 is 5.91 Å². The summed E-state index contributed by atoms with van der Waals surface area (Å²) >= 11 is 0. The van der Waals surface area contributed by atoms with E-state index in [9.17, 15) is 4.79 Å². The molecule has 0 aromatic heterocycles. The number of likely N-dealkylation sites (tertiary alicyclic amines) is 2. The van der Waals surface area contributed by atoms with Crippen LogP contribution in [0.4, 0.5) is 0 Å². The summed E-state index contributed by atoms with van der Waals surface area (Å²) in [4.78, 5) is 16.3. The number of nitrogens with zero attached hydrogens (tertiary/aromatic N) is 2. The molecule has 2 atom stereocenters. The molecule has 0 spiro atoms. The number of amides is 1. The second-order valence-corrected chi connectivity index (χ2v) is 5.82. The fourth-order valence-corrected chi connectivity index (χ4v) is 3.20. The molecule has 0 aromatic rings. The quantitative estimate of drug-likeness (QED) is 0.770. The van der Waals surface area contributed by atoms with Crippen LogP contribution in [0.5, 0.6) is 0 Å². The molecule has 2 unspecified atom stereocenters. The number of carbonyl (C=O) groups excluding carboxylic acids is 1. The predicted molar refractivity (Wildman–Crippen MR) is 68.6 cm³/mol. The van der Waals surface area contributed by atoms with E-state index in [4.69, 9.17) is 5.73 Å². The van der Waals surface area contributed by atoms with Gasteiger partial charge in [0.15, 0.2) is 0 Å². The summed E-state index contributed by atoms with van der Waals surface area (Å²) in [5.74, 6) is 0.505. The molecule has 2 N–H and O–H groups in total. The summed E-state index contributed by atoms with van der Waals surface area (Å²) in [6.45, 7) is 5.55. The Kier molecular flexibility index (Phi) is 4.05. The van der Waals surface area contributed by atoms with Gasteiger partial charge in [-0.2, -0.15) is 0 Å². The molecule has 1 amide bonds. The average Bonchev–Trinajstić information content (AvgIpc) is 2.30. The van der Waals surface area contributed by atoms with Crippen molar-refractivity contribution in [1.82, 2.24) is 9.80 Å². The third-order valence-electron chi connectivity index (χ3n) is 4.39. The summed E-state index contributed by atoms with van der Waals surface area (Å²) in [5, 5.41) is 0. The lowest BCUT2D eigenvalue weighted by Gasteiger charge is -2.44. The number of hydrogen-bond acceptors (Lipinski definition) is 3. The van der Waals surface area contributed by atoms with Crippen LogP contribution < -0.4 is 5.73 Å². The lowest BCUT2D eigenvalue weighted by Crippen LogP contribution is -2.55. The zero-order valence-corrected chi connectivity index (χ0v) is 11.1. The maximum Gasteiger partial charge on any atom is 0.234 e. The van der Waals surface area contributed by atoms with E-state index in [1.54, 1.807) is 0 Å². The van der Waals surface area contributed by atoms with Crippen molar-refractivity contribution in [2.75, 3.05) is 26.7 Å². The molecular weight excluding hydrogens is 214 g/mol. The van der Waals surface area contributed by atoms with Gasteiger partial charge in [0.25, 0.3) is 0 Å². The maximum absolute atomic E-state index is 11.6. The molecule has 0 aromatic carbocycles. The molecule has 2 saturated heterocycles. The van der Waals surface area contributed by atoms with Crippen molar-refractivity contribution in [1.29, 1.82) is 0 Å². The Morgan fingerprint density at radius 1 is 1.18 bits per heavy atom. The number of nitrogens with two attached hydrogens (primary N) is 1. The Labute approximate surface area is 104 Å². The van der Waals surface area contributed by atoms with Crippen molar-refractivity contribution in [3.63, 3.8) is 0 Å². The largest absolute Gasteiger partial charge is 0.368 e. The first-order valence-electron chi connectivity index (χ1n) is 6.81. The van der Waals surface area contributed by atoms with Gasteiger partial charge in [0.1, 0.15) is 0 Å². The standard InChI is InChI=1S/C13H25N3O/c1-10-3-8-16(12(9-10)13(14)17)11-4-6-15(2)7-5-11/h10-12H,3-9H2,1-2H3,(H2,14,17). The first-order valence-corrected chi connectivity index (χ1v) is 6.81. The van der Waals surface area contributed by atoms with E-state index < -0.39 is 0 Å². The Balaban J connectivity index is 2.00. The molecule has 0 saturated carbocycles. The minimum Gasteiger partial charge on any atom is -0.368 e. The molecule has 4 nitrogen and oxygen atoms in total. The van der Waals surface area contributed by atoms with Gasteiger partial charge in [-0.05, 0) is 58.3 Å². The molecule has 2 aliphatic rings. The number of hydrogen-bond donors (Lipinski definition) is 1. The van der Waals surface area contributed by atoms with Crippen LogP contribution in [0.25, 0.3) is 0 Å². The van der Waals surface area contributed by atoms with Crippen LogP contribution in [0, 0.1) is 5.92 Å². The molecular formula is C13H25N3O. The fraction of sp³-hybridized carbons (Fsp3) is 0.923. The van der Waals surface area contributed by atoms with Crippen LogP contribution in [0.3, 0.4) is 0 Å². The fourth-order valence-electron chi connectivity index (χ4n) is 3.20. The Bertz CT molecular complexity index is 274. The van der Waals surface area contributed by atoms with Crippen LogP contribution in [0.15, 0.2) is 0 Å². The van der Waals surface area contributed by atoms with E-state index in [-0.39, 0.29) is 11.9 Å². The second-order valence-electron chi connectivity index (χ2n) is 5.82. The molecule has 4 heteroatoms. The minimum absolute atomic E-state index is 0.0212. The van der Waals surface area contributed by atoms with Gasteiger partial charge in [0, 0.05) is 6.04 Å². The van der Waals surface area contributed by atoms with E-state index in [0.717, 1.165) is 26.1 Å². The van der Waals surface area contributed by atoms with E-state index in [1.165, 1.54) is 19.3 Å². The van der Waals surface area contributed by atoms with Crippen molar-refractivity contribution in [2.45, 2.75) is 44.7 Å². The Morgan fingerprint density at radius 2 is 1.82 bits per heavy atom. The van der Waals surface area contributed by atoms with Crippen LogP contribution >= 0.6 is 0 Å². The van der Waals surface area contributed by atoms with Crippen molar-refractivity contribution in [3.8, 4) is 0 Å². The molecule has 17 heavy (non-hydrogen) atoms. The average molecular weight is 239 g/mol. The summed E-state index contributed by atoms with van der Waals surface area (Å²) in [6, 6.07) is 0.545. The van der Waals surface area contributed by atoms with E-state index in [1.807, 2.05) is 0 Å². The van der Waals surface area contributed by atoms with E-state index in [2.05, 4.69) is 23.8 Å². The van der Waals surface area contributed by atoms with Crippen LogP contribution in [0.2, 0.25) is 0 Å². The minimum atomic E-state index is -0.129. The smallest absolute Gasteiger partial charge is 0.234 e. The first kappa shape index (κ1) is 12.8. The Hall–Kier alpha value is -0.610. The summed E-state index contributed by atoms with van der Waals surface area (Å²) in [7, 11) is 2.17. The van der Waals surface area contributed by atoms with Gasteiger partial charge >= 0.3 is 0 Å². The maximum atomic E-state index is 11.6. The highest BCUT2D eigenvalue weighted by atomic mass is 16.1. The number of primary amides is 1. The van der Waals surface area contributed by atoms with Crippen molar-refractivity contribution in [2.24, 2.45) is 11.7 Å². The third kappa shape index (κ3) is 2.99. The summed E-state index contributed by atoms with van der Waals surface area (Å²) < 4.78 is 0. The molecule has 0 aliphatic carbocycles. The van der Waals surface area contributed by atoms with Crippen LogP contribution in [0.1, 0.15) is 32.6 Å². The molecule has 0 radical (unpaired) electrons. The van der Waals surface area contributed by atoms with Gasteiger partial charge in [0.05, 0.1) is 6.04 Å². The topological polar surface area (TPSA) is 49.6 Å². The van der Waals surface area contributed by atoms with Crippen LogP contribution in [-0.4, -0.2) is 54.5 Å². The van der Waals surface area contributed by atoms with Gasteiger partial charge < -0.3 is 10.6 Å². The van der Waals surface area contributed by atoms with Crippen molar-refractivity contribution < 1.29 is 4.79 Å². The number of carbonyl (C=O) groups is 1. The van der Waals surface area contributed by atoms with Gasteiger partial charge in [0.2, 0.25) is 5.91 Å². The van der Waals surface area contributed by atoms with Gasteiger partial charge in [-0.1, -0.05) is 6.92 Å². The summed E-state index contributed by atoms with van der Waals surface area (Å²) in [6.07, 6.45) is 4.50. The van der Waals surface area contributed by atoms with Gasteiger partial charge in [-0.15, -0.1) is 0 Å². The van der Waals surface area contributed by atoms with E-state index in [0.29, 0.717) is 12.0 Å². The van der Waals surface area contributed by atoms with Crippen LogP contribution in [-0.2, 0) is 4.79 Å². The van der Waals surface area contributed by atoms with Gasteiger partial charge in [-0.25, -0.2) is 0 Å². The van der Waals surface area contributed by atoms with Gasteiger partial charge in [-0.3, -0.25) is 9.69 Å². The molecule has 0 bridgehead atoms. The normalized spacial score (nSPS) is 33.8. The number of piperidine rings is 2. The molecule has 2 heterocycles. The first-order chi connectivity index (χ1) is 8.08. The highest BCUT2D eigenvalue weighted by molar-refractivity contribution is 5.80. The number of rotatable bonds is 2. The second kappa shape index (κ2) is 5.36. The third-order valence-corrected chi connectivity index (χ3v) is 4.39. The predicted octanol–water partition coefficient (Wildman–Crippen LogP) is 0.666. The van der Waals surface area contributed by atoms with Crippen molar-refractivity contribution in [3.05, 3.63) is 0 Å². The SMILES string of the molecule is CC1CCN(C2CCN(C)CC2)C(C(N)=O)C1. The monoisotopic (exact) mass is 239 g/mol. The zero-order chi connectivity index (χ0) is 12.4. The molecule has 2 rings (SSSR count). The zero-order valence-electron chi connectivity index (χ0n) is 11.1. The molecule has 98 valence electrons. The lowest BCUT2D eigenvalue weighted by molar-refractivity contribution is -0.126. The van der Waals surface area contributed by atoms with E-state index >= 15 is 0 Å². The summed E-state index contributed by atoms with van der Waals surface area (Å²) in [5.41, 5.74) is 5.56. The molecule has 2 fully saturated rings. The lowest BCUT2D eigenvalue weighted by atomic mass is 9.89.